The van der Waals surface area contributed by atoms with Crippen molar-refractivity contribution in [3.05, 3.63) is 29.8 Å². The quantitative estimate of drug-likeness (QED) is 0.809. The van der Waals surface area contributed by atoms with Crippen molar-refractivity contribution in [1.29, 1.82) is 0 Å². The van der Waals surface area contributed by atoms with Crippen LogP contribution in [0.3, 0.4) is 0 Å². The first kappa shape index (κ1) is 11.6. The maximum Gasteiger partial charge on any atom is 0.310 e. The van der Waals surface area contributed by atoms with Crippen LogP contribution in [-0.4, -0.2) is 18.2 Å². The van der Waals surface area contributed by atoms with E-state index in [9.17, 15) is 4.79 Å². The van der Waals surface area contributed by atoms with Gasteiger partial charge in [-0.05, 0) is 24.1 Å². The van der Waals surface area contributed by atoms with Crippen molar-refractivity contribution >= 4 is 5.97 Å². The molecule has 0 heterocycles. The topological polar surface area (TPSA) is 46.5 Å². The molecule has 1 N–H and O–H groups in total. The molecule has 0 bridgehead atoms. The Morgan fingerprint density at radius 1 is 1.40 bits per heavy atom. The second-order valence-electron chi connectivity index (χ2n) is 3.45. The van der Waals surface area contributed by atoms with E-state index in [2.05, 4.69) is 0 Å². The summed E-state index contributed by atoms with van der Waals surface area (Å²) in [6.45, 7) is 1.99. The van der Waals surface area contributed by atoms with Crippen LogP contribution in [0.25, 0.3) is 0 Å². The van der Waals surface area contributed by atoms with Gasteiger partial charge in [0.15, 0.2) is 0 Å². The highest BCUT2D eigenvalue weighted by Gasteiger charge is 2.18. The molecule has 0 saturated heterocycles. The normalized spacial score (nSPS) is 12.1. The summed E-state index contributed by atoms with van der Waals surface area (Å²) in [6, 6.07) is 7.21. The molecule has 0 unspecified atom stereocenters. The molecule has 3 nitrogen and oxygen atoms in total. The Bertz CT molecular complexity index is 316. The number of aliphatic carboxylic acids is 1. The van der Waals surface area contributed by atoms with E-state index in [0.717, 1.165) is 17.7 Å². The summed E-state index contributed by atoms with van der Waals surface area (Å²) < 4.78 is 5.02. The lowest BCUT2D eigenvalue weighted by Crippen LogP contribution is -2.11. The number of benzene rings is 1. The van der Waals surface area contributed by atoms with Crippen molar-refractivity contribution in [2.24, 2.45) is 0 Å². The minimum atomic E-state index is -0.762. The SMILES string of the molecule is CCC[C@@H](C(=O)O)c1ccc(OC)cc1. The Morgan fingerprint density at radius 2 is 2.00 bits per heavy atom. The van der Waals surface area contributed by atoms with Crippen LogP contribution in [0, 0.1) is 0 Å². The summed E-state index contributed by atoms with van der Waals surface area (Å²) in [7, 11) is 1.59. The molecule has 0 aliphatic rings. The van der Waals surface area contributed by atoms with Gasteiger partial charge in [0.05, 0.1) is 13.0 Å². The van der Waals surface area contributed by atoms with Crippen molar-refractivity contribution in [3.8, 4) is 5.75 Å². The van der Waals surface area contributed by atoms with E-state index >= 15 is 0 Å². The smallest absolute Gasteiger partial charge is 0.310 e. The number of carbonyl (C=O) groups is 1. The van der Waals surface area contributed by atoms with Gasteiger partial charge in [-0.15, -0.1) is 0 Å². The van der Waals surface area contributed by atoms with E-state index in [1.54, 1.807) is 19.2 Å². The van der Waals surface area contributed by atoms with E-state index in [0.29, 0.717) is 6.42 Å². The molecule has 0 aromatic heterocycles. The van der Waals surface area contributed by atoms with Gasteiger partial charge in [0, 0.05) is 0 Å². The van der Waals surface area contributed by atoms with Crippen LogP contribution >= 0.6 is 0 Å². The second-order valence-corrected chi connectivity index (χ2v) is 3.45. The van der Waals surface area contributed by atoms with Gasteiger partial charge in [0.1, 0.15) is 5.75 Å². The van der Waals surface area contributed by atoms with Crippen LogP contribution in [-0.2, 0) is 4.79 Å². The molecule has 15 heavy (non-hydrogen) atoms. The zero-order valence-electron chi connectivity index (χ0n) is 9.06. The molecule has 0 saturated carbocycles. The fraction of sp³-hybridized carbons (Fsp3) is 0.417. The van der Waals surface area contributed by atoms with Crippen molar-refractivity contribution < 1.29 is 14.6 Å². The van der Waals surface area contributed by atoms with Crippen LogP contribution in [0.2, 0.25) is 0 Å². The number of carboxylic acid groups (broad SMARTS) is 1. The van der Waals surface area contributed by atoms with Gasteiger partial charge in [0.25, 0.3) is 0 Å². The van der Waals surface area contributed by atoms with Crippen LogP contribution in [0.1, 0.15) is 31.2 Å². The van der Waals surface area contributed by atoms with Crippen molar-refractivity contribution in [3.63, 3.8) is 0 Å². The second kappa shape index (κ2) is 5.39. The zero-order valence-corrected chi connectivity index (χ0v) is 9.06. The molecular formula is C12H16O3. The molecule has 1 aromatic rings. The predicted octanol–water partition coefficient (Wildman–Crippen LogP) is 2.66. The fourth-order valence-electron chi connectivity index (χ4n) is 1.56. The third-order valence-electron chi connectivity index (χ3n) is 2.39. The Labute approximate surface area is 89.7 Å². The minimum Gasteiger partial charge on any atom is -0.497 e. The monoisotopic (exact) mass is 208 g/mol. The third-order valence-corrected chi connectivity index (χ3v) is 2.39. The minimum absolute atomic E-state index is 0.402. The molecule has 1 aromatic carbocycles. The van der Waals surface area contributed by atoms with Crippen LogP contribution in [0.5, 0.6) is 5.75 Å². The summed E-state index contributed by atoms with van der Waals surface area (Å²) in [6.07, 6.45) is 1.53. The summed E-state index contributed by atoms with van der Waals surface area (Å²) in [4.78, 5) is 11.0. The lowest BCUT2D eigenvalue weighted by atomic mass is 9.95. The largest absolute Gasteiger partial charge is 0.497 e. The predicted molar refractivity (Wildman–Crippen MR) is 58.3 cm³/mol. The van der Waals surface area contributed by atoms with Gasteiger partial charge < -0.3 is 9.84 Å². The number of methoxy groups -OCH3 is 1. The highest BCUT2D eigenvalue weighted by atomic mass is 16.5. The van der Waals surface area contributed by atoms with Crippen molar-refractivity contribution in [1.82, 2.24) is 0 Å². The van der Waals surface area contributed by atoms with Gasteiger partial charge in [-0.25, -0.2) is 0 Å². The molecule has 0 aliphatic carbocycles. The maximum absolute atomic E-state index is 11.0. The van der Waals surface area contributed by atoms with E-state index in [4.69, 9.17) is 9.84 Å². The molecule has 0 radical (unpaired) electrons. The lowest BCUT2D eigenvalue weighted by Gasteiger charge is -2.11. The average molecular weight is 208 g/mol. The summed E-state index contributed by atoms with van der Waals surface area (Å²) >= 11 is 0. The van der Waals surface area contributed by atoms with Crippen molar-refractivity contribution in [2.45, 2.75) is 25.7 Å². The number of hydrogen-bond acceptors (Lipinski definition) is 2. The number of rotatable bonds is 5. The Morgan fingerprint density at radius 3 is 2.40 bits per heavy atom. The molecule has 0 amide bonds. The van der Waals surface area contributed by atoms with E-state index < -0.39 is 11.9 Å². The first-order valence-electron chi connectivity index (χ1n) is 5.05. The van der Waals surface area contributed by atoms with Gasteiger partial charge in [-0.1, -0.05) is 25.5 Å². The summed E-state index contributed by atoms with van der Waals surface area (Å²) in [5.41, 5.74) is 0.838. The Balaban J connectivity index is 2.86. The van der Waals surface area contributed by atoms with Gasteiger partial charge >= 0.3 is 5.97 Å². The number of carboxylic acids is 1. The van der Waals surface area contributed by atoms with E-state index in [1.165, 1.54) is 0 Å². The molecule has 0 aliphatic heterocycles. The highest BCUT2D eigenvalue weighted by Crippen LogP contribution is 2.23. The van der Waals surface area contributed by atoms with Crippen LogP contribution in [0.15, 0.2) is 24.3 Å². The highest BCUT2D eigenvalue weighted by molar-refractivity contribution is 5.76. The van der Waals surface area contributed by atoms with Gasteiger partial charge in [-0.2, -0.15) is 0 Å². The molecular weight excluding hydrogens is 192 g/mol. The molecule has 1 rings (SSSR count). The van der Waals surface area contributed by atoms with Crippen molar-refractivity contribution in [2.75, 3.05) is 7.11 Å². The third kappa shape index (κ3) is 2.98. The molecule has 0 spiro atoms. The maximum atomic E-state index is 11.0. The van der Waals surface area contributed by atoms with Crippen LogP contribution in [0.4, 0.5) is 0 Å². The van der Waals surface area contributed by atoms with E-state index in [1.807, 2.05) is 19.1 Å². The molecule has 82 valence electrons. The average Bonchev–Trinajstić information content (AvgIpc) is 2.26. The first-order valence-corrected chi connectivity index (χ1v) is 5.05. The Hall–Kier alpha value is -1.51. The molecule has 3 heteroatoms. The summed E-state index contributed by atoms with van der Waals surface area (Å²) in [5.74, 6) is -0.415. The van der Waals surface area contributed by atoms with Gasteiger partial charge in [0.2, 0.25) is 0 Å². The Kier molecular flexibility index (Phi) is 4.16. The van der Waals surface area contributed by atoms with Gasteiger partial charge in [-0.3, -0.25) is 4.79 Å². The molecule has 0 fully saturated rings. The zero-order chi connectivity index (χ0) is 11.3. The number of hydrogen-bond donors (Lipinski definition) is 1. The molecule has 1 atom stereocenters. The lowest BCUT2D eigenvalue weighted by molar-refractivity contribution is -0.139. The van der Waals surface area contributed by atoms with Crippen LogP contribution < -0.4 is 4.74 Å². The number of ether oxygens (including phenoxy) is 1. The summed E-state index contributed by atoms with van der Waals surface area (Å²) in [5, 5.41) is 9.05. The van der Waals surface area contributed by atoms with E-state index in [-0.39, 0.29) is 0 Å². The fourth-order valence-corrected chi connectivity index (χ4v) is 1.56. The first-order chi connectivity index (χ1) is 7.19. The standard InChI is InChI=1S/C12H16O3/c1-3-4-11(12(13)14)9-5-7-10(15-2)8-6-9/h5-8,11H,3-4H2,1-2H3,(H,13,14)/t11-/m1/s1.